The number of nitrogens with zero attached hydrogens (tertiary/aromatic N) is 5. The number of rotatable bonds is 2. The summed E-state index contributed by atoms with van der Waals surface area (Å²) in [4.78, 5) is 17.2. The highest BCUT2D eigenvalue weighted by Gasteiger charge is 2.21. The van der Waals surface area contributed by atoms with Crippen molar-refractivity contribution < 1.29 is 0 Å². The lowest BCUT2D eigenvalue weighted by molar-refractivity contribution is 0.646. The normalized spacial score (nSPS) is 16.0. The summed E-state index contributed by atoms with van der Waals surface area (Å²) >= 11 is 1.67. The second-order valence-corrected chi connectivity index (χ2v) is 4.93. The maximum absolute atomic E-state index is 5.84. The van der Waals surface area contributed by atoms with Gasteiger partial charge in [0.05, 0.1) is 0 Å². The van der Waals surface area contributed by atoms with Crippen LogP contribution in [0.5, 0.6) is 0 Å². The van der Waals surface area contributed by atoms with Gasteiger partial charge >= 0.3 is 0 Å². The molecule has 0 bridgehead atoms. The Hall–Kier alpha value is -1.89. The van der Waals surface area contributed by atoms with Crippen LogP contribution in [0.1, 0.15) is 0 Å². The number of anilines is 3. The largest absolute Gasteiger partial charge is 0.381 e. The molecule has 1 aliphatic heterocycles. The Morgan fingerprint density at radius 3 is 2.33 bits per heavy atom. The lowest BCUT2D eigenvalue weighted by Crippen LogP contribution is -2.47. The number of nitrogen functional groups attached to an aromatic ring is 1. The first-order valence-electron chi connectivity index (χ1n) is 5.80. The molecule has 0 spiro atoms. The van der Waals surface area contributed by atoms with Gasteiger partial charge in [-0.1, -0.05) is 0 Å². The van der Waals surface area contributed by atoms with E-state index in [1.54, 1.807) is 23.7 Å². The van der Waals surface area contributed by atoms with Crippen molar-refractivity contribution in [2.75, 3.05) is 41.7 Å². The Balaban J connectivity index is 1.69. The monoisotopic (exact) mass is 262 g/mol. The Morgan fingerprint density at radius 2 is 1.67 bits per heavy atom. The van der Waals surface area contributed by atoms with Gasteiger partial charge < -0.3 is 15.5 Å². The molecule has 18 heavy (non-hydrogen) atoms. The van der Waals surface area contributed by atoms with Gasteiger partial charge in [0.1, 0.15) is 0 Å². The quantitative estimate of drug-likeness (QED) is 0.865. The third-order valence-electron chi connectivity index (χ3n) is 2.98. The standard InChI is InChI=1S/C11H14N6S/c12-9-10(14-2-1-13-9)16-4-6-17(7-5-16)11-15-3-8-18-11/h1-3,8H,4-7H2,(H2,12,13). The molecule has 0 aliphatic carbocycles. The van der Waals surface area contributed by atoms with E-state index in [1.165, 1.54) is 0 Å². The molecule has 0 saturated carbocycles. The number of piperazine rings is 1. The van der Waals surface area contributed by atoms with Crippen molar-refractivity contribution in [2.45, 2.75) is 0 Å². The first kappa shape index (κ1) is 11.2. The molecule has 6 nitrogen and oxygen atoms in total. The Morgan fingerprint density at radius 1 is 0.944 bits per heavy atom. The van der Waals surface area contributed by atoms with Gasteiger partial charge in [-0.05, 0) is 0 Å². The summed E-state index contributed by atoms with van der Waals surface area (Å²) < 4.78 is 0. The van der Waals surface area contributed by atoms with Gasteiger partial charge in [0.2, 0.25) is 0 Å². The van der Waals surface area contributed by atoms with Crippen LogP contribution in [-0.2, 0) is 0 Å². The first-order chi connectivity index (χ1) is 8.84. The van der Waals surface area contributed by atoms with E-state index in [4.69, 9.17) is 5.73 Å². The van der Waals surface area contributed by atoms with Gasteiger partial charge in [-0.25, -0.2) is 15.0 Å². The van der Waals surface area contributed by atoms with E-state index in [0.717, 1.165) is 37.1 Å². The maximum atomic E-state index is 5.84. The molecule has 7 heteroatoms. The second-order valence-electron chi connectivity index (χ2n) is 4.05. The van der Waals surface area contributed by atoms with E-state index in [1.807, 2.05) is 11.6 Å². The van der Waals surface area contributed by atoms with Crippen LogP contribution in [0.2, 0.25) is 0 Å². The lowest BCUT2D eigenvalue weighted by Gasteiger charge is -2.35. The molecule has 1 aliphatic rings. The highest BCUT2D eigenvalue weighted by molar-refractivity contribution is 7.13. The lowest BCUT2D eigenvalue weighted by atomic mass is 10.3. The molecule has 0 aromatic carbocycles. The number of thiazole rings is 1. The number of hydrogen-bond acceptors (Lipinski definition) is 7. The van der Waals surface area contributed by atoms with Gasteiger partial charge in [0.25, 0.3) is 0 Å². The summed E-state index contributed by atoms with van der Waals surface area (Å²) in [5.74, 6) is 1.29. The van der Waals surface area contributed by atoms with Gasteiger partial charge in [-0.2, -0.15) is 0 Å². The van der Waals surface area contributed by atoms with Crippen molar-refractivity contribution in [1.29, 1.82) is 0 Å². The average Bonchev–Trinajstić information content (AvgIpc) is 2.94. The van der Waals surface area contributed by atoms with Crippen LogP contribution in [0, 0.1) is 0 Å². The Labute approximate surface area is 109 Å². The Bertz CT molecular complexity index is 506. The third kappa shape index (κ3) is 2.08. The average molecular weight is 262 g/mol. The molecule has 1 fully saturated rings. The van der Waals surface area contributed by atoms with Gasteiger partial charge in [0, 0.05) is 50.1 Å². The highest BCUT2D eigenvalue weighted by Crippen LogP contribution is 2.22. The molecule has 94 valence electrons. The summed E-state index contributed by atoms with van der Waals surface area (Å²) in [6, 6.07) is 0. The minimum Gasteiger partial charge on any atom is -0.381 e. The SMILES string of the molecule is Nc1nccnc1N1CCN(c2nccs2)CC1. The predicted molar refractivity (Wildman–Crippen MR) is 73.0 cm³/mol. The second kappa shape index (κ2) is 4.77. The van der Waals surface area contributed by atoms with Crippen LogP contribution < -0.4 is 15.5 Å². The predicted octanol–water partition coefficient (Wildman–Crippen LogP) is 0.842. The molecule has 0 unspecified atom stereocenters. The van der Waals surface area contributed by atoms with E-state index < -0.39 is 0 Å². The first-order valence-corrected chi connectivity index (χ1v) is 6.68. The van der Waals surface area contributed by atoms with Crippen molar-refractivity contribution in [3.8, 4) is 0 Å². The minimum atomic E-state index is 0.500. The smallest absolute Gasteiger partial charge is 0.185 e. The van der Waals surface area contributed by atoms with Crippen LogP contribution in [0.3, 0.4) is 0 Å². The van der Waals surface area contributed by atoms with E-state index in [9.17, 15) is 0 Å². The van der Waals surface area contributed by atoms with Crippen LogP contribution in [0.25, 0.3) is 0 Å². The molecule has 2 aromatic rings. The van der Waals surface area contributed by atoms with Crippen molar-refractivity contribution in [3.63, 3.8) is 0 Å². The van der Waals surface area contributed by atoms with Crippen molar-refractivity contribution >= 4 is 28.1 Å². The van der Waals surface area contributed by atoms with Crippen molar-refractivity contribution in [3.05, 3.63) is 24.0 Å². The fourth-order valence-corrected chi connectivity index (χ4v) is 2.76. The van der Waals surface area contributed by atoms with Gasteiger partial charge in [0.15, 0.2) is 16.8 Å². The fraction of sp³-hybridized carbons (Fsp3) is 0.364. The highest BCUT2D eigenvalue weighted by atomic mass is 32.1. The third-order valence-corrected chi connectivity index (χ3v) is 3.81. The topological polar surface area (TPSA) is 71.2 Å². The van der Waals surface area contributed by atoms with E-state index in [2.05, 4.69) is 24.8 Å². The van der Waals surface area contributed by atoms with E-state index in [-0.39, 0.29) is 0 Å². The Kier molecular flexibility index (Phi) is 2.97. The number of aromatic nitrogens is 3. The van der Waals surface area contributed by atoms with Crippen molar-refractivity contribution in [1.82, 2.24) is 15.0 Å². The summed E-state index contributed by atoms with van der Waals surface area (Å²) in [6.07, 6.45) is 5.14. The van der Waals surface area contributed by atoms with Crippen LogP contribution in [0.15, 0.2) is 24.0 Å². The molecular formula is C11H14N6S. The molecule has 1 saturated heterocycles. The number of hydrogen-bond donors (Lipinski definition) is 1. The van der Waals surface area contributed by atoms with Gasteiger partial charge in [-0.3, -0.25) is 0 Å². The zero-order chi connectivity index (χ0) is 12.4. The molecule has 3 rings (SSSR count). The zero-order valence-electron chi connectivity index (χ0n) is 9.86. The van der Waals surface area contributed by atoms with Crippen LogP contribution in [0.4, 0.5) is 16.8 Å². The molecule has 2 aromatic heterocycles. The van der Waals surface area contributed by atoms with Crippen molar-refractivity contribution in [2.24, 2.45) is 0 Å². The number of nitrogens with two attached hydrogens (primary N) is 1. The molecule has 0 amide bonds. The summed E-state index contributed by atoms with van der Waals surface area (Å²) in [5.41, 5.74) is 5.84. The molecule has 0 atom stereocenters. The van der Waals surface area contributed by atoms with Gasteiger partial charge in [-0.15, -0.1) is 11.3 Å². The fourth-order valence-electron chi connectivity index (χ4n) is 2.07. The summed E-state index contributed by atoms with van der Waals surface area (Å²) in [5, 5.41) is 3.09. The van der Waals surface area contributed by atoms with Crippen LogP contribution >= 0.6 is 11.3 Å². The zero-order valence-corrected chi connectivity index (χ0v) is 10.7. The molecule has 2 N–H and O–H groups in total. The van der Waals surface area contributed by atoms with Crippen LogP contribution in [-0.4, -0.2) is 41.1 Å². The molecule has 0 radical (unpaired) electrons. The summed E-state index contributed by atoms with van der Waals surface area (Å²) in [7, 11) is 0. The summed E-state index contributed by atoms with van der Waals surface area (Å²) in [6.45, 7) is 3.65. The maximum Gasteiger partial charge on any atom is 0.185 e. The van der Waals surface area contributed by atoms with E-state index >= 15 is 0 Å². The molecular weight excluding hydrogens is 248 g/mol. The minimum absolute atomic E-state index is 0.500. The molecule has 3 heterocycles. The van der Waals surface area contributed by atoms with E-state index in [0.29, 0.717) is 5.82 Å².